The van der Waals surface area contributed by atoms with E-state index in [0.717, 1.165) is 5.69 Å². The highest BCUT2D eigenvalue weighted by atomic mass is 16.5. The van der Waals surface area contributed by atoms with Gasteiger partial charge in [0.25, 0.3) is 5.56 Å². The predicted octanol–water partition coefficient (Wildman–Crippen LogP) is 2.19. The minimum absolute atomic E-state index is 0.0219. The van der Waals surface area contributed by atoms with Crippen LogP contribution in [0.4, 0.5) is 5.69 Å². The highest BCUT2D eigenvalue weighted by molar-refractivity contribution is 5.92. The molecule has 0 saturated carbocycles. The van der Waals surface area contributed by atoms with Crippen molar-refractivity contribution in [2.45, 2.75) is 20.4 Å². The predicted molar refractivity (Wildman–Crippen MR) is 81.7 cm³/mol. The zero-order valence-corrected chi connectivity index (χ0v) is 12.1. The molecule has 1 N–H and O–H groups in total. The van der Waals surface area contributed by atoms with E-state index in [1.807, 2.05) is 19.1 Å². The number of pyridine rings is 1. The van der Waals surface area contributed by atoms with Gasteiger partial charge in [0.1, 0.15) is 12.3 Å². The van der Waals surface area contributed by atoms with E-state index < -0.39 is 0 Å². The lowest BCUT2D eigenvalue weighted by Gasteiger charge is -2.13. The zero-order chi connectivity index (χ0) is 15.2. The van der Waals surface area contributed by atoms with E-state index in [1.165, 1.54) is 10.6 Å². The highest BCUT2D eigenvalue weighted by Gasteiger charge is 2.09. The fraction of sp³-hybridized carbons (Fsp3) is 0.250. The van der Waals surface area contributed by atoms with E-state index in [4.69, 9.17) is 4.74 Å². The summed E-state index contributed by atoms with van der Waals surface area (Å²) in [6.07, 6.45) is 0. The Labute approximate surface area is 123 Å². The van der Waals surface area contributed by atoms with Crippen molar-refractivity contribution in [2.24, 2.45) is 0 Å². The van der Waals surface area contributed by atoms with Crippen molar-refractivity contribution in [2.75, 3.05) is 11.9 Å². The Balaban J connectivity index is 2.14. The number of nitrogens with one attached hydrogen (secondary N) is 1. The van der Waals surface area contributed by atoms with Gasteiger partial charge in [-0.05, 0) is 32.0 Å². The molecule has 110 valence electrons. The smallest absolute Gasteiger partial charge is 0.251 e. The Morgan fingerprint density at radius 3 is 2.67 bits per heavy atom. The number of rotatable bonds is 5. The van der Waals surface area contributed by atoms with Gasteiger partial charge in [-0.3, -0.25) is 9.59 Å². The third-order valence-corrected chi connectivity index (χ3v) is 3.03. The van der Waals surface area contributed by atoms with Gasteiger partial charge in [0.15, 0.2) is 0 Å². The molecule has 0 bridgehead atoms. The van der Waals surface area contributed by atoms with E-state index in [1.54, 1.807) is 31.2 Å². The summed E-state index contributed by atoms with van der Waals surface area (Å²) in [5.41, 5.74) is 1.16. The normalized spacial score (nSPS) is 10.2. The van der Waals surface area contributed by atoms with Crippen molar-refractivity contribution >= 4 is 11.6 Å². The molecule has 0 aliphatic carbocycles. The molecule has 21 heavy (non-hydrogen) atoms. The van der Waals surface area contributed by atoms with E-state index >= 15 is 0 Å². The second-order valence-corrected chi connectivity index (χ2v) is 4.57. The van der Waals surface area contributed by atoms with Crippen molar-refractivity contribution in [3.8, 4) is 5.75 Å². The van der Waals surface area contributed by atoms with Crippen LogP contribution in [-0.4, -0.2) is 17.1 Å². The SMILES string of the molecule is CCOc1ccccc1NC(=O)Cn1c(C)cccc1=O. The molecule has 1 aromatic carbocycles. The molecule has 0 atom stereocenters. The Morgan fingerprint density at radius 2 is 1.95 bits per heavy atom. The Hall–Kier alpha value is -2.56. The summed E-state index contributed by atoms with van der Waals surface area (Å²) in [5, 5.41) is 2.77. The number of hydrogen-bond acceptors (Lipinski definition) is 3. The summed E-state index contributed by atoms with van der Waals surface area (Å²) in [5.74, 6) is 0.351. The minimum atomic E-state index is -0.265. The van der Waals surface area contributed by atoms with Gasteiger partial charge in [-0.15, -0.1) is 0 Å². The molecule has 0 saturated heterocycles. The van der Waals surface area contributed by atoms with Crippen LogP contribution in [0.5, 0.6) is 5.75 Å². The van der Waals surface area contributed by atoms with Crippen LogP contribution in [-0.2, 0) is 11.3 Å². The molecule has 1 amide bonds. The lowest BCUT2D eigenvalue weighted by Crippen LogP contribution is -2.28. The van der Waals surface area contributed by atoms with Crippen molar-refractivity contribution in [3.63, 3.8) is 0 Å². The van der Waals surface area contributed by atoms with E-state index in [9.17, 15) is 9.59 Å². The van der Waals surface area contributed by atoms with Crippen LogP contribution >= 0.6 is 0 Å². The van der Waals surface area contributed by atoms with Crippen LogP contribution in [0.2, 0.25) is 0 Å². The quantitative estimate of drug-likeness (QED) is 0.916. The van der Waals surface area contributed by atoms with Crippen LogP contribution in [0, 0.1) is 6.92 Å². The Kier molecular flexibility index (Phi) is 4.77. The van der Waals surface area contributed by atoms with E-state index in [2.05, 4.69) is 5.32 Å². The highest BCUT2D eigenvalue weighted by Crippen LogP contribution is 2.23. The maximum atomic E-state index is 12.1. The van der Waals surface area contributed by atoms with E-state index in [-0.39, 0.29) is 18.0 Å². The molecular formula is C16H18N2O3. The van der Waals surface area contributed by atoms with Gasteiger partial charge in [0, 0.05) is 11.8 Å². The summed E-state index contributed by atoms with van der Waals surface area (Å²) in [6.45, 7) is 4.17. The van der Waals surface area contributed by atoms with Crippen molar-refractivity contribution in [1.82, 2.24) is 4.57 Å². The molecule has 5 nitrogen and oxygen atoms in total. The first kappa shape index (κ1) is 14.8. The van der Waals surface area contributed by atoms with Crippen molar-refractivity contribution in [3.05, 3.63) is 58.5 Å². The fourth-order valence-electron chi connectivity index (χ4n) is 2.01. The number of amides is 1. The summed E-state index contributed by atoms with van der Waals surface area (Å²) in [7, 11) is 0. The Morgan fingerprint density at radius 1 is 1.19 bits per heavy atom. The number of ether oxygens (including phenoxy) is 1. The summed E-state index contributed by atoms with van der Waals surface area (Å²) >= 11 is 0. The molecule has 0 radical (unpaired) electrons. The van der Waals surface area contributed by atoms with Gasteiger partial charge < -0.3 is 14.6 Å². The van der Waals surface area contributed by atoms with Crippen LogP contribution in [0.25, 0.3) is 0 Å². The average molecular weight is 286 g/mol. The molecule has 0 spiro atoms. The summed E-state index contributed by atoms with van der Waals surface area (Å²) in [6, 6.07) is 12.1. The maximum absolute atomic E-state index is 12.1. The number of nitrogens with zero attached hydrogens (tertiary/aromatic N) is 1. The number of para-hydroxylation sites is 2. The van der Waals surface area contributed by atoms with Gasteiger partial charge in [-0.25, -0.2) is 0 Å². The topological polar surface area (TPSA) is 60.3 Å². The third-order valence-electron chi connectivity index (χ3n) is 3.03. The number of aryl methyl sites for hydroxylation is 1. The maximum Gasteiger partial charge on any atom is 0.251 e. The monoisotopic (exact) mass is 286 g/mol. The number of anilines is 1. The van der Waals surface area contributed by atoms with Crippen LogP contribution in [0.15, 0.2) is 47.3 Å². The minimum Gasteiger partial charge on any atom is -0.492 e. The zero-order valence-electron chi connectivity index (χ0n) is 12.1. The molecule has 0 aliphatic heterocycles. The number of aromatic nitrogens is 1. The van der Waals surface area contributed by atoms with Crippen LogP contribution in [0.1, 0.15) is 12.6 Å². The number of carbonyl (C=O) groups is 1. The number of hydrogen-bond donors (Lipinski definition) is 1. The second-order valence-electron chi connectivity index (χ2n) is 4.57. The van der Waals surface area contributed by atoms with Crippen molar-refractivity contribution < 1.29 is 9.53 Å². The lowest BCUT2D eigenvalue weighted by atomic mass is 10.3. The summed E-state index contributed by atoms with van der Waals surface area (Å²) in [4.78, 5) is 23.9. The molecule has 0 aliphatic rings. The first-order valence-corrected chi connectivity index (χ1v) is 6.80. The first-order chi connectivity index (χ1) is 10.1. The molecule has 5 heteroatoms. The first-order valence-electron chi connectivity index (χ1n) is 6.80. The molecule has 0 fully saturated rings. The molecule has 2 rings (SSSR count). The van der Waals surface area contributed by atoms with Gasteiger partial charge in [-0.2, -0.15) is 0 Å². The average Bonchev–Trinajstić information content (AvgIpc) is 2.45. The fourth-order valence-corrected chi connectivity index (χ4v) is 2.01. The third kappa shape index (κ3) is 3.72. The standard InChI is InChI=1S/C16H18N2O3/c1-3-21-14-9-5-4-8-13(14)17-15(19)11-18-12(2)7-6-10-16(18)20/h4-10H,3,11H2,1-2H3,(H,17,19). The molecule has 0 unspecified atom stereocenters. The van der Waals surface area contributed by atoms with Gasteiger partial charge >= 0.3 is 0 Å². The molecule has 1 heterocycles. The van der Waals surface area contributed by atoms with Crippen LogP contribution in [0.3, 0.4) is 0 Å². The van der Waals surface area contributed by atoms with Crippen LogP contribution < -0.4 is 15.6 Å². The van der Waals surface area contributed by atoms with Gasteiger partial charge in [0.05, 0.1) is 12.3 Å². The largest absolute Gasteiger partial charge is 0.492 e. The molecular weight excluding hydrogens is 268 g/mol. The van der Waals surface area contributed by atoms with Gasteiger partial charge in [0.2, 0.25) is 5.91 Å². The van der Waals surface area contributed by atoms with E-state index in [0.29, 0.717) is 18.0 Å². The summed E-state index contributed by atoms with van der Waals surface area (Å²) < 4.78 is 6.88. The number of carbonyl (C=O) groups excluding carboxylic acids is 1. The second kappa shape index (κ2) is 6.74. The van der Waals surface area contributed by atoms with Gasteiger partial charge in [-0.1, -0.05) is 18.2 Å². The Bertz CT molecular complexity index is 692. The molecule has 1 aromatic heterocycles. The number of benzene rings is 1. The van der Waals surface area contributed by atoms with Crippen molar-refractivity contribution in [1.29, 1.82) is 0 Å². The molecule has 2 aromatic rings. The lowest BCUT2D eigenvalue weighted by molar-refractivity contribution is -0.116.